The Morgan fingerprint density at radius 3 is 1.33 bits per heavy atom. The van der Waals surface area contributed by atoms with Crippen LogP contribution < -0.4 is 0 Å². The van der Waals surface area contributed by atoms with Gasteiger partial charge in [-0.25, -0.2) is 0 Å². The van der Waals surface area contributed by atoms with Gasteiger partial charge in [0, 0.05) is 22.3 Å². The number of methoxy groups -OCH3 is 2. The maximum absolute atomic E-state index is 12.5. The van der Waals surface area contributed by atoms with E-state index in [0.29, 0.717) is 24.3 Å². The highest BCUT2D eigenvalue weighted by molar-refractivity contribution is 7.84. The molecule has 2 unspecified atom stereocenters. The largest absolute Gasteiger partial charge is 0.468 e. The highest BCUT2D eigenvalue weighted by atomic mass is 32.2. The van der Waals surface area contributed by atoms with Crippen molar-refractivity contribution in [3.05, 3.63) is 71.8 Å². The van der Waals surface area contributed by atoms with Gasteiger partial charge in [0.25, 0.3) is 0 Å². The molecule has 5 nitrogen and oxygen atoms in total. The third-order valence-corrected chi connectivity index (χ3v) is 8.68. The number of hydrogen-bond acceptors (Lipinski definition) is 5. The van der Waals surface area contributed by atoms with Crippen LogP contribution in [0.25, 0.3) is 0 Å². The molecule has 0 aliphatic heterocycles. The van der Waals surface area contributed by atoms with E-state index in [4.69, 9.17) is 9.47 Å². The highest BCUT2D eigenvalue weighted by Crippen LogP contribution is 2.32. The number of carbonyl (C=O) groups excluding carboxylic acids is 2. The van der Waals surface area contributed by atoms with Gasteiger partial charge in [0.1, 0.15) is 0 Å². The molecular weight excluding hydrogens is 472 g/mol. The number of unbranched alkanes of at least 4 members (excludes halogenated alkanes) is 4. The van der Waals surface area contributed by atoms with Crippen molar-refractivity contribution in [2.45, 2.75) is 76.0 Å². The molecule has 2 aromatic rings. The Labute approximate surface area is 219 Å². The molecule has 0 aliphatic carbocycles. The third-order valence-electron chi connectivity index (χ3n) is 7.19. The van der Waals surface area contributed by atoms with Crippen LogP contribution in [0.1, 0.15) is 76.3 Å². The minimum absolute atomic E-state index is 0.215. The first kappa shape index (κ1) is 29.8. The minimum Gasteiger partial charge on any atom is -0.468 e. The van der Waals surface area contributed by atoms with Crippen molar-refractivity contribution in [3.63, 3.8) is 0 Å². The minimum atomic E-state index is -0.845. The summed E-state index contributed by atoms with van der Waals surface area (Å²) in [4.78, 5) is 25.0. The second-order valence-corrected chi connectivity index (χ2v) is 11.5. The Kier molecular flexibility index (Phi) is 12.3. The smallest absolute Gasteiger partial charge is 0.315 e. The lowest BCUT2D eigenvalue weighted by Gasteiger charge is -2.27. The summed E-state index contributed by atoms with van der Waals surface area (Å²) in [6.07, 6.45) is 6.79. The summed E-state index contributed by atoms with van der Waals surface area (Å²) < 4.78 is 22.6. The number of carbonyl (C=O) groups is 2. The zero-order valence-electron chi connectivity index (χ0n) is 22.3. The topological polar surface area (TPSA) is 69.7 Å². The fraction of sp³-hybridized carbons (Fsp3) is 0.533. The Bertz CT molecular complexity index is 884. The molecule has 0 N–H and O–H groups in total. The number of ether oxygens (including phenoxy) is 2. The van der Waals surface area contributed by atoms with Crippen LogP contribution >= 0.6 is 0 Å². The van der Waals surface area contributed by atoms with E-state index >= 15 is 0 Å². The molecule has 0 heterocycles. The van der Waals surface area contributed by atoms with Gasteiger partial charge in [0.15, 0.2) is 0 Å². The molecule has 2 rings (SSSR count). The maximum Gasteiger partial charge on any atom is 0.315 e. The van der Waals surface area contributed by atoms with Crippen LogP contribution in [0.4, 0.5) is 0 Å². The summed E-state index contributed by atoms with van der Waals surface area (Å²) in [7, 11) is 2.02. The van der Waals surface area contributed by atoms with Gasteiger partial charge in [-0.05, 0) is 50.7 Å². The molecule has 0 spiro atoms. The Balaban J connectivity index is 1.69. The van der Waals surface area contributed by atoms with E-state index in [9.17, 15) is 13.8 Å². The summed E-state index contributed by atoms with van der Waals surface area (Å²) in [5, 5.41) is 0. The average molecular weight is 515 g/mol. The molecule has 0 radical (unpaired) electrons. The quantitative estimate of drug-likeness (QED) is 0.199. The summed E-state index contributed by atoms with van der Waals surface area (Å²) in [5.41, 5.74) is 0.619. The molecular formula is C30H42O5S. The predicted molar refractivity (Wildman–Crippen MR) is 146 cm³/mol. The monoisotopic (exact) mass is 514 g/mol. The third kappa shape index (κ3) is 8.29. The van der Waals surface area contributed by atoms with Gasteiger partial charge >= 0.3 is 11.9 Å². The van der Waals surface area contributed by atoms with Crippen molar-refractivity contribution in [1.29, 1.82) is 0 Å². The summed E-state index contributed by atoms with van der Waals surface area (Å²) in [6, 6.07) is 19.5. The number of rotatable bonds is 16. The highest BCUT2D eigenvalue weighted by Gasteiger charge is 2.36. The van der Waals surface area contributed by atoms with E-state index in [2.05, 4.69) is 0 Å². The lowest BCUT2D eigenvalue weighted by Crippen LogP contribution is -2.33. The van der Waals surface area contributed by atoms with E-state index in [0.717, 1.165) is 49.7 Å². The Morgan fingerprint density at radius 1 is 0.639 bits per heavy atom. The van der Waals surface area contributed by atoms with E-state index < -0.39 is 21.6 Å². The first-order valence-corrected chi connectivity index (χ1v) is 14.4. The lowest BCUT2D eigenvalue weighted by atomic mass is 9.78. The van der Waals surface area contributed by atoms with Crippen LogP contribution in [-0.2, 0) is 40.7 Å². The van der Waals surface area contributed by atoms with Crippen LogP contribution in [0, 0.1) is 0 Å². The van der Waals surface area contributed by atoms with Gasteiger partial charge in [-0.2, -0.15) is 0 Å². The number of esters is 2. The van der Waals surface area contributed by atoms with Crippen LogP contribution in [0.5, 0.6) is 0 Å². The Morgan fingerprint density at radius 2 is 1.00 bits per heavy atom. The molecule has 0 saturated heterocycles. The van der Waals surface area contributed by atoms with Gasteiger partial charge in [0.05, 0.1) is 25.0 Å². The molecule has 6 heteroatoms. The van der Waals surface area contributed by atoms with Crippen LogP contribution in [0.2, 0.25) is 0 Å². The SMILES string of the molecule is COC(=O)C(C)(CCCCCS(=O)CCCCCC(C)(C(=O)OC)c1ccccc1)c1ccccc1. The van der Waals surface area contributed by atoms with Crippen molar-refractivity contribution in [1.82, 2.24) is 0 Å². The molecule has 0 bridgehead atoms. The van der Waals surface area contributed by atoms with Crippen LogP contribution in [-0.4, -0.2) is 41.9 Å². The maximum atomic E-state index is 12.5. The van der Waals surface area contributed by atoms with Crippen molar-refractivity contribution < 1.29 is 23.3 Å². The molecule has 36 heavy (non-hydrogen) atoms. The second kappa shape index (κ2) is 14.9. The van der Waals surface area contributed by atoms with Gasteiger partial charge in [0.2, 0.25) is 0 Å². The van der Waals surface area contributed by atoms with Gasteiger partial charge in [-0.3, -0.25) is 13.8 Å². The molecule has 0 aromatic heterocycles. The summed E-state index contributed by atoms with van der Waals surface area (Å²) >= 11 is 0. The van der Waals surface area contributed by atoms with Gasteiger partial charge < -0.3 is 9.47 Å². The molecule has 198 valence electrons. The number of hydrogen-bond donors (Lipinski definition) is 0. The molecule has 0 amide bonds. The van der Waals surface area contributed by atoms with Crippen molar-refractivity contribution >= 4 is 22.7 Å². The molecule has 2 aromatic carbocycles. The molecule has 0 aliphatic rings. The standard InChI is InChI=1S/C30H42O5S/c1-29(27(31)34-3,25-17-9-5-10-18-25)21-13-7-15-23-36(33)24-16-8-14-22-30(2,28(32)35-4)26-19-11-6-12-20-26/h5-6,9-12,17-20H,7-8,13-16,21-24H2,1-4H3. The first-order chi connectivity index (χ1) is 17.3. The van der Waals surface area contributed by atoms with Crippen LogP contribution in [0.3, 0.4) is 0 Å². The fourth-order valence-corrected chi connectivity index (χ4v) is 5.99. The number of benzene rings is 2. The fourth-order valence-electron chi connectivity index (χ4n) is 4.73. The van der Waals surface area contributed by atoms with Crippen molar-refractivity contribution in [2.24, 2.45) is 0 Å². The first-order valence-electron chi connectivity index (χ1n) is 12.9. The van der Waals surface area contributed by atoms with E-state index in [1.54, 1.807) is 0 Å². The van der Waals surface area contributed by atoms with Crippen molar-refractivity contribution in [2.75, 3.05) is 25.7 Å². The molecule has 0 fully saturated rings. The zero-order chi connectivity index (χ0) is 26.4. The Hall–Kier alpha value is -2.47. The summed E-state index contributed by atoms with van der Waals surface area (Å²) in [6.45, 7) is 3.88. The van der Waals surface area contributed by atoms with E-state index in [-0.39, 0.29) is 11.9 Å². The second-order valence-electron chi connectivity index (χ2n) is 9.85. The predicted octanol–water partition coefficient (Wildman–Crippen LogP) is 6.12. The van der Waals surface area contributed by atoms with E-state index in [1.165, 1.54) is 14.2 Å². The zero-order valence-corrected chi connectivity index (χ0v) is 23.1. The van der Waals surface area contributed by atoms with Crippen LogP contribution in [0.15, 0.2) is 60.7 Å². The normalized spacial score (nSPS) is 15.3. The van der Waals surface area contributed by atoms with Crippen molar-refractivity contribution in [3.8, 4) is 0 Å². The average Bonchev–Trinajstić information content (AvgIpc) is 2.92. The van der Waals surface area contributed by atoms with Gasteiger partial charge in [-0.15, -0.1) is 0 Å². The lowest BCUT2D eigenvalue weighted by molar-refractivity contribution is -0.148. The molecule has 0 saturated carbocycles. The van der Waals surface area contributed by atoms with Gasteiger partial charge in [-0.1, -0.05) is 86.3 Å². The summed E-state index contributed by atoms with van der Waals surface area (Å²) in [5.74, 6) is 0.939. The molecule has 2 atom stereocenters. The van der Waals surface area contributed by atoms with E-state index in [1.807, 2.05) is 74.5 Å².